The summed E-state index contributed by atoms with van der Waals surface area (Å²) in [6, 6.07) is 20.7. The van der Waals surface area contributed by atoms with E-state index in [1.165, 1.54) is 16.0 Å². The van der Waals surface area contributed by atoms with Crippen LogP contribution in [0.15, 0.2) is 66.0 Å². The van der Waals surface area contributed by atoms with Crippen molar-refractivity contribution in [2.45, 2.75) is 6.92 Å². The minimum Gasteiger partial charge on any atom is -0.214 e. The third-order valence-electron chi connectivity index (χ3n) is 2.38. The molecule has 3 rings (SSSR count). The largest absolute Gasteiger partial charge is 2.00 e. The fourth-order valence-electron chi connectivity index (χ4n) is 1.54. The summed E-state index contributed by atoms with van der Waals surface area (Å²) in [6.45, 7) is 2.15. The van der Waals surface area contributed by atoms with Gasteiger partial charge in [-0.25, -0.2) is 12.1 Å². The quantitative estimate of drug-likeness (QED) is 0.442. The average Bonchev–Trinajstić information content (AvgIpc) is 3.02. The third kappa shape index (κ3) is 4.01. The van der Waals surface area contributed by atoms with Gasteiger partial charge >= 0.3 is 17.1 Å². The van der Waals surface area contributed by atoms with Crippen molar-refractivity contribution < 1.29 is 17.1 Å². The van der Waals surface area contributed by atoms with Crippen LogP contribution in [-0.2, 0) is 17.1 Å². The van der Waals surface area contributed by atoms with Gasteiger partial charge in [0.2, 0.25) is 0 Å². The van der Waals surface area contributed by atoms with Gasteiger partial charge in [0.15, 0.2) is 0 Å². The standard InChI is InChI=1S/C10H9S.C5H5.Fe/c1-8-4-2-5-9(8)10-6-3-7-11-10;1-2-4-5-3-1;/h2-7H,1H3;1-5H;/q2*-1;+2. The second-order valence-electron chi connectivity index (χ2n) is 3.56. The van der Waals surface area contributed by atoms with E-state index in [1.807, 2.05) is 30.3 Å². The molecule has 0 fully saturated rings. The molecule has 0 aliphatic carbocycles. The van der Waals surface area contributed by atoms with Gasteiger partial charge in [0.05, 0.1) is 0 Å². The summed E-state index contributed by atoms with van der Waals surface area (Å²) in [5.41, 5.74) is 2.74. The molecule has 0 aliphatic heterocycles. The fraction of sp³-hybridized carbons (Fsp3) is 0.0667. The monoisotopic (exact) mass is 282 g/mol. The summed E-state index contributed by atoms with van der Waals surface area (Å²) < 4.78 is 0. The number of thiophene rings is 1. The van der Waals surface area contributed by atoms with Crippen molar-refractivity contribution in [1.82, 2.24) is 0 Å². The van der Waals surface area contributed by atoms with Crippen LogP contribution < -0.4 is 0 Å². The third-order valence-corrected chi connectivity index (χ3v) is 3.28. The first-order chi connectivity index (χ1) is 7.88. The molecule has 1 aromatic heterocycles. The molecule has 17 heavy (non-hydrogen) atoms. The van der Waals surface area contributed by atoms with E-state index < -0.39 is 0 Å². The minimum absolute atomic E-state index is 0. The molecule has 2 aromatic carbocycles. The number of aryl methyl sites for hydroxylation is 1. The van der Waals surface area contributed by atoms with Gasteiger partial charge in [-0.3, -0.25) is 0 Å². The van der Waals surface area contributed by atoms with E-state index in [4.69, 9.17) is 0 Å². The smallest absolute Gasteiger partial charge is 0.214 e. The van der Waals surface area contributed by atoms with Crippen molar-refractivity contribution in [2.24, 2.45) is 0 Å². The van der Waals surface area contributed by atoms with Gasteiger partial charge in [0, 0.05) is 0 Å². The molecule has 0 atom stereocenters. The van der Waals surface area contributed by atoms with E-state index in [9.17, 15) is 0 Å². The fourth-order valence-corrected chi connectivity index (χ4v) is 2.36. The second-order valence-corrected chi connectivity index (χ2v) is 4.51. The Balaban J connectivity index is 0.000000205. The van der Waals surface area contributed by atoms with Crippen molar-refractivity contribution in [3.63, 3.8) is 0 Å². The molecule has 0 saturated heterocycles. The molecule has 88 valence electrons. The van der Waals surface area contributed by atoms with Gasteiger partial charge in [-0.2, -0.15) is 47.7 Å². The molecule has 0 amide bonds. The Bertz CT molecular complexity index is 472. The van der Waals surface area contributed by atoms with Crippen LogP contribution >= 0.6 is 11.3 Å². The van der Waals surface area contributed by atoms with Crippen molar-refractivity contribution in [1.29, 1.82) is 0 Å². The summed E-state index contributed by atoms with van der Waals surface area (Å²) in [6.07, 6.45) is 0. The van der Waals surface area contributed by atoms with E-state index in [2.05, 4.69) is 42.6 Å². The Morgan fingerprint density at radius 3 is 2.24 bits per heavy atom. The average molecular weight is 282 g/mol. The molecule has 0 spiro atoms. The van der Waals surface area contributed by atoms with Gasteiger partial charge in [-0.15, -0.1) is 11.1 Å². The van der Waals surface area contributed by atoms with E-state index in [0.29, 0.717) is 0 Å². The van der Waals surface area contributed by atoms with Crippen molar-refractivity contribution in [2.75, 3.05) is 0 Å². The molecule has 0 saturated carbocycles. The zero-order valence-corrected chi connectivity index (χ0v) is 11.5. The molecule has 0 bridgehead atoms. The first-order valence-corrected chi connectivity index (χ1v) is 6.19. The van der Waals surface area contributed by atoms with Crippen LogP contribution in [-0.4, -0.2) is 0 Å². The van der Waals surface area contributed by atoms with E-state index >= 15 is 0 Å². The van der Waals surface area contributed by atoms with Gasteiger partial charge in [0.25, 0.3) is 0 Å². The summed E-state index contributed by atoms with van der Waals surface area (Å²) in [5, 5.41) is 2.11. The molecule has 3 aromatic rings. The zero-order valence-electron chi connectivity index (χ0n) is 9.61. The van der Waals surface area contributed by atoms with Crippen LogP contribution in [0.1, 0.15) is 5.56 Å². The molecular weight excluding hydrogens is 268 g/mol. The van der Waals surface area contributed by atoms with E-state index in [1.54, 1.807) is 11.3 Å². The summed E-state index contributed by atoms with van der Waals surface area (Å²) >= 11 is 1.79. The maximum atomic E-state index is 2.17. The van der Waals surface area contributed by atoms with Crippen LogP contribution in [0.2, 0.25) is 0 Å². The van der Waals surface area contributed by atoms with Gasteiger partial charge in [-0.1, -0.05) is 19.1 Å². The van der Waals surface area contributed by atoms with Crippen molar-refractivity contribution >= 4 is 11.3 Å². The van der Waals surface area contributed by atoms with Crippen LogP contribution in [0.25, 0.3) is 10.4 Å². The molecule has 0 N–H and O–H groups in total. The molecule has 0 radical (unpaired) electrons. The summed E-state index contributed by atoms with van der Waals surface area (Å²) in [5.74, 6) is 0. The molecule has 0 aliphatic rings. The number of hydrogen-bond donors (Lipinski definition) is 0. The Morgan fingerprint density at radius 2 is 1.82 bits per heavy atom. The molecule has 0 nitrogen and oxygen atoms in total. The van der Waals surface area contributed by atoms with Crippen LogP contribution in [0, 0.1) is 6.92 Å². The Kier molecular flexibility index (Phi) is 5.99. The summed E-state index contributed by atoms with van der Waals surface area (Å²) in [4.78, 5) is 1.37. The predicted molar refractivity (Wildman–Crippen MR) is 72.1 cm³/mol. The van der Waals surface area contributed by atoms with Gasteiger partial charge in [-0.05, 0) is 10.3 Å². The van der Waals surface area contributed by atoms with Gasteiger partial charge in [0.1, 0.15) is 0 Å². The van der Waals surface area contributed by atoms with Crippen LogP contribution in [0.5, 0.6) is 0 Å². The SMILES string of the molecule is C[c-]1cccc1-c1cccs1.[Fe+2].c1cc[cH-]c1. The van der Waals surface area contributed by atoms with Crippen molar-refractivity contribution in [3.05, 3.63) is 71.6 Å². The first-order valence-electron chi connectivity index (χ1n) is 5.31. The topological polar surface area (TPSA) is 0 Å². The van der Waals surface area contributed by atoms with Crippen LogP contribution in [0.4, 0.5) is 0 Å². The van der Waals surface area contributed by atoms with Crippen molar-refractivity contribution in [3.8, 4) is 10.4 Å². The Morgan fingerprint density at radius 1 is 1.06 bits per heavy atom. The van der Waals surface area contributed by atoms with Gasteiger partial charge < -0.3 is 0 Å². The zero-order chi connectivity index (χ0) is 11.2. The maximum Gasteiger partial charge on any atom is 2.00 e. The molecule has 2 heteroatoms. The Labute approximate surface area is 117 Å². The molecule has 0 unspecified atom stereocenters. The van der Waals surface area contributed by atoms with E-state index in [0.717, 1.165) is 0 Å². The molecule has 1 heterocycles. The summed E-state index contributed by atoms with van der Waals surface area (Å²) in [7, 11) is 0. The predicted octanol–water partition coefficient (Wildman–Crippen LogP) is 4.85. The second kappa shape index (κ2) is 7.29. The number of rotatable bonds is 1. The van der Waals surface area contributed by atoms with E-state index in [-0.39, 0.29) is 17.1 Å². The Hall–Kier alpha value is -1.08. The maximum absolute atomic E-state index is 2.17. The minimum atomic E-state index is 0. The normalized spacial score (nSPS) is 9.00. The number of hydrogen-bond acceptors (Lipinski definition) is 1. The van der Waals surface area contributed by atoms with Crippen LogP contribution in [0.3, 0.4) is 0 Å². The first kappa shape index (κ1) is 14.0. The molecular formula is C15H14FeS.